The summed E-state index contributed by atoms with van der Waals surface area (Å²) in [5.41, 5.74) is 0.768. The number of benzene rings is 1. The van der Waals surface area contributed by atoms with E-state index in [2.05, 4.69) is 39.8 Å². The average Bonchev–Trinajstić information content (AvgIpc) is 2.42. The predicted molar refractivity (Wildman–Crippen MR) is 65.3 cm³/mol. The van der Waals surface area contributed by atoms with Gasteiger partial charge in [-0.25, -0.2) is 0 Å². The van der Waals surface area contributed by atoms with Gasteiger partial charge in [0.15, 0.2) is 0 Å². The van der Waals surface area contributed by atoms with Crippen molar-refractivity contribution in [3.8, 4) is 0 Å². The zero-order valence-electron chi connectivity index (χ0n) is 10.6. The summed E-state index contributed by atoms with van der Waals surface area (Å²) in [4.78, 5) is 0. The molecule has 0 spiro atoms. The maximum absolute atomic E-state index is 10.4. The van der Waals surface area contributed by atoms with Crippen LogP contribution in [-0.4, -0.2) is 15.8 Å². The highest BCUT2D eigenvalue weighted by Gasteiger charge is 2.52. The lowest BCUT2D eigenvalue weighted by molar-refractivity contribution is -0.204. The smallest absolute Gasteiger partial charge is 0.0690 e. The summed E-state index contributed by atoms with van der Waals surface area (Å²) < 4.78 is 0. The van der Waals surface area contributed by atoms with E-state index in [4.69, 9.17) is 0 Å². The Bertz CT molecular complexity index is 374. The Hall–Kier alpha value is -0.860. The van der Waals surface area contributed by atoms with E-state index in [-0.39, 0.29) is 11.1 Å². The summed E-state index contributed by atoms with van der Waals surface area (Å²) in [5.74, 6) is 0.475. The number of hydroxylamine groups is 2. The molecule has 0 aliphatic carbocycles. The minimum atomic E-state index is -0.260. The van der Waals surface area contributed by atoms with Crippen LogP contribution in [0.1, 0.15) is 39.7 Å². The third-order valence-electron chi connectivity index (χ3n) is 4.32. The highest BCUT2D eigenvalue weighted by Crippen LogP contribution is 2.48. The summed E-state index contributed by atoms with van der Waals surface area (Å²) >= 11 is 0. The van der Waals surface area contributed by atoms with E-state index < -0.39 is 0 Å². The molecule has 1 aromatic carbocycles. The zero-order chi connectivity index (χ0) is 12.0. The second-order valence-corrected chi connectivity index (χ2v) is 5.71. The van der Waals surface area contributed by atoms with Gasteiger partial charge in [-0.15, -0.1) is 0 Å². The highest BCUT2D eigenvalue weighted by atomic mass is 16.5. The Labute approximate surface area is 97.9 Å². The van der Waals surface area contributed by atoms with E-state index in [1.165, 1.54) is 5.56 Å². The SMILES string of the molecule is CC1CC(C)(c2ccccc2)N(O)C1(C)C. The van der Waals surface area contributed by atoms with Crippen LogP contribution in [0.25, 0.3) is 0 Å². The fraction of sp³-hybridized carbons (Fsp3) is 0.571. The summed E-state index contributed by atoms with van der Waals surface area (Å²) in [6.45, 7) is 8.53. The summed E-state index contributed by atoms with van der Waals surface area (Å²) in [6.07, 6.45) is 0.987. The van der Waals surface area contributed by atoms with Gasteiger partial charge in [0.25, 0.3) is 0 Å². The van der Waals surface area contributed by atoms with Crippen molar-refractivity contribution in [1.82, 2.24) is 5.06 Å². The lowest BCUT2D eigenvalue weighted by Crippen LogP contribution is -2.46. The van der Waals surface area contributed by atoms with Crippen LogP contribution in [0, 0.1) is 5.92 Å². The lowest BCUT2D eigenvalue weighted by atomic mass is 9.85. The number of rotatable bonds is 1. The topological polar surface area (TPSA) is 23.5 Å². The van der Waals surface area contributed by atoms with E-state index >= 15 is 0 Å². The number of nitrogens with zero attached hydrogens (tertiary/aromatic N) is 1. The molecule has 1 aromatic rings. The van der Waals surface area contributed by atoms with E-state index in [0.717, 1.165) is 6.42 Å². The first-order chi connectivity index (χ1) is 7.39. The quantitative estimate of drug-likeness (QED) is 0.782. The first kappa shape index (κ1) is 11.6. The van der Waals surface area contributed by atoms with Gasteiger partial charge in [-0.2, -0.15) is 5.06 Å². The zero-order valence-corrected chi connectivity index (χ0v) is 10.6. The molecule has 2 atom stereocenters. The molecule has 2 unspecified atom stereocenters. The molecule has 0 saturated carbocycles. The molecule has 1 N–H and O–H groups in total. The van der Waals surface area contributed by atoms with Gasteiger partial charge < -0.3 is 5.21 Å². The van der Waals surface area contributed by atoms with E-state index in [9.17, 15) is 5.21 Å². The molecule has 1 saturated heterocycles. The second kappa shape index (κ2) is 3.57. The average molecular weight is 219 g/mol. The Balaban J connectivity index is 2.42. The fourth-order valence-corrected chi connectivity index (χ4v) is 2.81. The molecular formula is C14H21NO. The van der Waals surface area contributed by atoms with Crippen LogP contribution in [0.15, 0.2) is 30.3 Å². The van der Waals surface area contributed by atoms with Gasteiger partial charge in [-0.1, -0.05) is 37.3 Å². The van der Waals surface area contributed by atoms with Crippen molar-refractivity contribution < 1.29 is 5.21 Å². The molecule has 0 aromatic heterocycles. The van der Waals surface area contributed by atoms with E-state index in [1.807, 2.05) is 18.2 Å². The van der Waals surface area contributed by atoms with Crippen molar-refractivity contribution in [3.05, 3.63) is 35.9 Å². The van der Waals surface area contributed by atoms with Crippen LogP contribution in [0.5, 0.6) is 0 Å². The molecule has 1 heterocycles. The predicted octanol–water partition coefficient (Wildman–Crippen LogP) is 3.41. The maximum Gasteiger partial charge on any atom is 0.0690 e. The Kier molecular flexibility index (Phi) is 2.59. The highest BCUT2D eigenvalue weighted by molar-refractivity contribution is 5.26. The van der Waals surface area contributed by atoms with Gasteiger partial charge in [0.2, 0.25) is 0 Å². The molecule has 0 radical (unpaired) electrons. The summed E-state index contributed by atoms with van der Waals surface area (Å²) in [5, 5.41) is 12.0. The third kappa shape index (κ3) is 1.48. The molecular weight excluding hydrogens is 198 g/mol. The normalized spacial score (nSPS) is 34.2. The Morgan fingerprint density at radius 2 is 1.75 bits per heavy atom. The van der Waals surface area contributed by atoms with Crippen LogP contribution >= 0.6 is 0 Å². The van der Waals surface area contributed by atoms with Gasteiger partial charge in [0, 0.05) is 5.54 Å². The standard InChI is InChI=1S/C14H21NO/c1-11-10-14(4,15(16)13(11,2)3)12-8-6-5-7-9-12/h5-9,11,16H,10H2,1-4H3. The van der Waals surface area contributed by atoms with Crippen LogP contribution in [0.3, 0.4) is 0 Å². The molecule has 16 heavy (non-hydrogen) atoms. The van der Waals surface area contributed by atoms with Gasteiger partial charge in [0.05, 0.1) is 5.54 Å². The molecule has 88 valence electrons. The molecule has 2 nitrogen and oxygen atoms in total. The van der Waals surface area contributed by atoms with E-state index in [0.29, 0.717) is 5.92 Å². The Morgan fingerprint density at radius 3 is 2.19 bits per heavy atom. The minimum absolute atomic E-state index is 0.162. The summed E-state index contributed by atoms with van der Waals surface area (Å²) in [7, 11) is 0. The fourth-order valence-electron chi connectivity index (χ4n) is 2.81. The van der Waals surface area contributed by atoms with Crippen LogP contribution in [0.2, 0.25) is 0 Å². The van der Waals surface area contributed by atoms with Crippen LogP contribution in [0.4, 0.5) is 0 Å². The van der Waals surface area contributed by atoms with Crippen LogP contribution in [-0.2, 0) is 5.54 Å². The van der Waals surface area contributed by atoms with Gasteiger partial charge in [-0.3, -0.25) is 0 Å². The maximum atomic E-state index is 10.4. The van der Waals surface area contributed by atoms with Crippen molar-refractivity contribution in [3.63, 3.8) is 0 Å². The summed E-state index contributed by atoms with van der Waals surface area (Å²) in [6, 6.07) is 10.3. The van der Waals surface area contributed by atoms with Gasteiger partial charge in [-0.05, 0) is 38.7 Å². The molecule has 0 bridgehead atoms. The molecule has 2 rings (SSSR count). The van der Waals surface area contributed by atoms with Crippen molar-refractivity contribution >= 4 is 0 Å². The van der Waals surface area contributed by atoms with Crippen molar-refractivity contribution in [1.29, 1.82) is 0 Å². The van der Waals surface area contributed by atoms with Crippen LogP contribution < -0.4 is 0 Å². The largest absolute Gasteiger partial charge is 0.313 e. The van der Waals surface area contributed by atoms with Crippen molar-refractivity contribution in [2.45, 2.75) is 45.2 Å². The van der Waals surface area contributed by atoms with Crippen molar-refractivity contribution in [2.24, 2.45) is 5.92 Å². The molecule has 1 fully saturated rings. The monoisotopic (exact) mass is 219 g/mol. The second-order valence-electron chi connectivity index (χ2n) is 5.71. The van der Waals surface area contributed by atoms with Gasteiger partial charge >= 0.3 is 0 Å². The number of hydrogen-bond acceptors (Lipinski definition) is 2. The van der Waals surface area contributed by atoms with Gasteiger partial charge in [0.1, 0.15) is 0 Å². The first-order valence-electron chi connectivity index (χ1n) is 5.94. The van der Waals surface area contributed by atoms with Crippen molar-refractivity contribution in [2.75, 3.05) is 0 Å². The third-order valence-corrected chi connectivity index (χ3v) is 4.32. The molecule has 2 heteroatoms. The molecule has 0 amide bonds. The Morgan fingerprint density at radius 1 is 1.19 bits per heavy atom. The number of hydrogen-bond donors (Lipinski definition) is 1. The minimum Gasteiger partial charge on any atom is -0.313 e. The van der Waals surface area contributed by atoms with E-state index in [1.54, 1.807) is 5.06 Å². The molecule has 1 aliphatic rings. The lowest BCUT2D eigenvalue weighted by Gasteiger charge is -2.37. The molecule has 1 aliphatic heterocycles. The first-order valence-corrected chi connectivity index (χ1v) is 5.94.